The van der Waals surface area contributed by atoms with Crippen LogP contribution >= 0.6 is 23.2 Å². The molecule has 0 atom stereocenters. The van der Waals surface area contributed by atoms with Gasteiger partial charge in [-0.05, 0) is 24.6 Å². The third kappa shape index (κ3) is 4.19. The molecule has 0 saturated carbocycles. The lowest BCUT2D eigenvalue weighted by Crippen LogP contribution is -2.25. The van der Waals surface area contributed by atoms with E-state index in [-0.39, 0.29) is 12.5 Å². The topological polar surface area (TPSA) is 77.3 Å². The van der Waals surface area contributed by atoms with Crippen molar-refractivity contribution < 1.29 is 14.1 Å². The number of amides is 1. The molecule has 1 amide bonds. The number of ether oxygens (including phenoxy) is 1. The molecule has 1 aromatic carbocycles. The molecule has 22 heavy (non-hydrogen) atoms. The van der Waals surface area contributed by atoms with Gasteiger partial charge in [0.1, 0.15) is 6.61 Å². The largest absolute Gasteiger partial charge is 0.377 e. The molecular formula is C14H15Cl2N3O3. The molecule has 118 valence electrons. The van der Waals surface area contributed by atoms with Crippen LogP contribution in [0.15, 0.2) is 16.7 Å². The first-order chi connectivity index (χ1) is 10.5. The highest BCUT2D eigenvalue weighted by Gasteiger charge is 2.11. The van der Waals surface area contributed by atoms with Crippen LogP contribution in [0.4, 0.5) is 0 Å². The summed E-state index contributed by atoms with van der Waals surface area (Å²) in [6.07, 6.45) is 0.426. The summed E-state index contributed by atoms with van der Waals surface area (Å²) in [4.78, 5) is 16.2. The Morgan fingerprint density at radius 1 is 1.36 bits per heavy atom. The SMILES string of the molecule is COCc1noc(CCNC(=O)c2cc(Cl)c(C)c(Cl)c2)n1. The van der Waals surface area contributed by atoms with E-state index in [2.05, 4.69) is 15.5 Å². The molecular weight excluding hydrogens is 329 g/mol. The highest BCUT2D eigenvalue weighted by molar-refractivity contribution is 6.36. The fourth-order valence-electron chi connectivity index (χ4n) is 1.74. The van der Waals surface area contributed by atoms with Crippen LogP contribution in [0, 0.1) is 6.92 Å². The number of nitrogens with one attached hydrogen (secondary N) is 1. The highest BCUT2D eigenvalue weighted by atomic mass is 35.5. The number of hydrogen-bond acceptors (Lipinski definition) is 5. The predicted molar refractivity (Wildman–Crippen MR) is 82.2 cm³/mol. The lowest BCUT2D eigenvalue weighted by Gasteiger charge is -2.07. The van der Waals surface area contributed by atoms with E-state index in [0.29, 0.717) is 40.3 Å². The fourth-order valence-corrected chi connectivity index (χ4v) is 2.23. The van der Waals surface area contributed by atoms with Crippen molar-refractivity contribution in [3.05, 3.63) is 45.0 Å². The molecule has 2 rings (SSSR count). The minimum absolute atomic E-state index is 0.263. The van der Waals surface area contributed by atoms with E-state index in [9.17, 15) is 4.79 Å². The van der Waals surface area contributed by atoms with Gasteiger partial charge < -0.3 is 14.6 Å². The number of carbonyl (C=O) groups excluding carboxylic acids is 1. The van der Waals surface area contributed by atoms with Crippen LogP contribution in [0.1, 0.15) is 27.6 Å². The van der Waals surface area contributed by atoms with Gasteiger partial charge in [-0.3, -0.25) is 4.79 Å². The second-order valence-electron chi connectivity index (χ2n) is 4.61. The third-order valence-corrected chi connectivity index (χ3v) is 3.74. The molecule has 0 radical (unpaired) electrons. The van der Waals surface area contributed by atoms with Crippen molar-refractivity contribution >= 4 is 29.1 Å². The summed E-state index contributed by atoms with van der Waals surface area (Å²) in [5, 5.41) is 7.40. The Morgan fingerprint density at radius 2 is 2.05 bits per heavy atom. The van der Waals surface area contributed by atoms with Gasteiger partial charge in [-0.1, -0.05) is 28.4 Å². The van der Waals surface area contributed by atoms with Crippen molar-refractivity contribution in [1.29, 1.82) is 0 Å². The monoisotopic (exact) mass is 343 g/mol. The molecule has 6 nitrogen and oxygen atoms in total. The van der Waals surface area contributed by atoms with E-state index < -0.39 is 0 Å². The van der Waals surface area contributed by atoms with Crippen molar-refractivity contribution in [3.63, 3.8) is 0 Å². The summed E-state index contributed by atoms with van der Waals surface area (Å²) in [7, 11) is 1.55. The van der Waals surface area contributed by atoms with Crippen molar-refractivity contribution in [2.45, 2.75) is 20.0 Å². The first kappa shape index (κ1) is 16.7. The zero-order chi connectivity index (χ0) is 16.1. The molecule has 1 aromatic heterocycles. The second-order valence-corrected chi connectivity index (χ2v) is 5.42. The van der Waals surface area contributed by atoms with Gasteiger partial charge in [0.2, 0.25) is 5.89 Å². The Labute approximate surface area is 137 Å². The van der Waals surface area contributed by atoms with Gasteiger partial charge in [0.25, 0.3) is 5.91 Å². The Balaban J connectivity index is 1.89. The summed E-state index contributed by atoms with van der Waals surface area (Å²) in [5.41, 5.74) is 1.16. The zero-order valence-corrected chi connectivity index (χ0v) is 13.7. The molecule has 1 heterocycles. The Morgan fingerprint density at radius 3 is 2.68 bits per heavy atom. The van der Waals surface area contributed by atoms with Crippen molar-refractivity contribution in [2.24, 2.45) is 0 Å². The van der Waals surface area contributed by atoms with Gasteiger partial charge in [-0.15, -0.1) is 0 Å². The van der Waals surface area contributed by atoms with Crippen LogP contribution < -0.4 is 5.32 Å². The maximum atomic E-state index is 12.0. The molecule has 0 aliphatic heterocycles. The maximum Gasteiger partial charge on any atom is 0.251 e. The molecule has 0 spiro atoms. The highest BCUT2D eigenvalue weighted by Crippen LogP contribution is 2.25. The number of nitrogens with zero attached hydrogens (tertiary/aromatic N) is 2. The van der Waals surface area contributed by atoms with Crippen LogP contribution in [-0.2, 0) is 17.8 Å². The van der Waals surface area contributed by atoms with Crippen LogP contribution in [0.2, 0.25) is 10.0 Å². The van der Waals surface area contributed by atoms with Gasteiger partial charge in [-0.2, -0.15) is 4.98 Å². The summed E-state index contributed by atoms with van der Waals surface area (Å²) < 4.78 is 9.92. The van der Waals surface area contributed by atoms with E-state index in [1.807, 2.05) is 0 Å². The maximum absolute atomic E-state index is 12.0. The smallest absolute Gasteiger partial charge is 0.251 e. The van der Waals surface area contributed by atoms with Crippen molar-refractivity contribution in [2.75, 3.05) is 13.7 Å². The standard InChI is InChI=1S/C14H15Cl2N3O3/c1-8-10(15)5-9(6-11(8)16)14(20)17-4-3-13-18-12(7-21-2)19-22-13/h5-6H,3-4,7H2,1-2H3,(H,17,20). The zero-order valence-electron chi connectivity index (χ0n) is 12.2. The Bertz CT molecular complexity index is 650. The second kappa shape index (κ2) is 7.58. The molecule has 0 aliphatic rings. The summed E-state index contributed by atoms with van der Waals surface area (Å²) in [6, 6.07) is 3.17. The average Bonchev–Trinajstić information content (AvgIpc) is 2.92. The summed E-state index contributed by atoms with van der Waals surface area (Å²) >= 11 is 12.0. The lowest BCUT2D eigenvalue weighted by atomic mass is 10.1. The number of hydrogen-bond donors (Lipinski definition) is 1. The Hall–Kier alpha value is -1.63. The van der Waals surface area contributed by atoms with Crippen LogP contribution in [0.25, 0.3) is 0 Å². The van der Waals surface area contributed by atoms with Gasteiger partial charge in [0.15, 0.2) is 5.82 Å². The molecule has 2 aromatic rings. The normalized spacial score (nSPS) is 10.7. The minimum atomic E-state index is -0.263. The molecule has 0 fully saturated rings. The first-order valence-corrected chi connectivity index (χ1v) is 7.31. The number of halogens is 2. The molecule has 0 bridgehead atoms. The van der Waals surface area contributed by atoms with Crippen molar-refractivity contribution in [3.8, 4) is 0 Å². The number of rotatable bonds is 6. The van der Waals surface area contributed by atoms with Crippen LogP contribution in [0.5, 0.6) is 0 Å². The van der Waals surface area contributed by atoms with E-state index in [0.717, 1.165) is 5.56 Å². The van der Waals surface area contributed by atoms with E-state index >= 15 is 0 Å². The number of benzene rings is 1. The van der Waals surface area contributed by atoms with Gasteiger partial charge in [0.05, 0.1) is 0 Å². The van der Waals surface area contributed by atoms with Crippen LogP contribution in [0.3, 0.4) is 0 Å². The first-order valence-electron chi connectivity index (χ1n) is 6.55. The predicted octanol–water partition coefficient (Wildman–Crippen LogP) is 2.80. The lowest BCUT2D eigenvalue weighted by molar-refractivity contribution is 0.0953. The summed E-state index contributed by atoms with van der Waals surface area (Å²) in [5.74, 6) is 0.647. The molecule has 0 unspecified atom stereocenters. The van der Waals surface area contributed by atoms with E-state index in [4.69, 9.17) is 32.5 Å². The number of carbonyl (C=O) groups is 1. The molecule has 0 saturated heterocycles. The molecule has 1 N–H and O–H groups in total. The minimum Gasteiger partial charge on any atom is -0.377 e. The van der Waals surface area contributed by atoms with E-state index in [1.165, 1.54) is 0 Å². The van der Waals surface area contributed by atoms with Crippen molar-refractivity contribution in [1.82, 2.24) is 15.5 Å². The average molecular weight is 344 g/mol. The number of aromatic nitrogens is 2. The molecule has 8 heteroatoms. The van der Waals surface area contributed by atoms with Gasteiger partial charge >= 0.3 is 0 Å². The summed E-state index contributed by atoms with van der Waals surface area (Å²) in [6.45, 7) is 2.44. The van der Waals surface area contributed by atoms with Crippen LogP contribution in [-0.4, -0.2) is 29.7 Å². The molecule has 0 aliphatic carbocycles. The van der Waals surface area contributed by atoms with Gasteiger partial charge in [-0.25, -0.2) is 0 Å². The third-order valence-electron chi connectivity index (χ3n) is 2.95. The fraction of sp³-hybridized carbons (Fsp3) is 0.357. The van der Waals surface area contributed by atoms with Gasteiger partial charge in [0, 0.05) is 35.7 Å². The quantitative estimate of drug-likeness (QED) is 0.872. The number of methoxy groups -OCH3 is 1. The van der Waals surface area contributed by atoms with E-state index in [1.54, 1.807) is 26.2 Å². The Kier molecular flexibility index (Phi) is 5.76.